The summed E-state index contributed by atoms with van der Waals surface area (Å²) in [5, 5.41) is 1.92. The third kappa shape index (κ3) is 3.25. The Labute approximate surface area is 134 Å². The zero-order valence-electron chi connectivity index (χ0n) is 12.5. The van der Waals surface area contributed by atoms with Gasteiger partial charge in [-0.15, -0.1) is 11.3 Å². The van der Waals surface area contributed by atoms with Gasteiger partial charge < -0.3 is 14.4 Å². The molecule has 1 aliphatic heterocycles. The van der Waals surface area contributed by atoms with Gasteiger partial charge in [-0.05, 0) is 30.0 Å². The molecule has 0 saturated heterocycles. The molecule has 0 spiro atoms. The molecule has 3 rings (SSSR count). The molecule has 0 saturated carbocycles. The molecule has 1 aromatic carbocycles. The number of carbonyl (C=O) groups is 1. The highest BCUT2D eigenvalue weighted by molar-refractivity contribution is 7.12. The molecule has 4 nitrogen and oxygen atoms in total. The Bertz CT molecular complexity index is 627. The number of amides is 1. The number of hydrogen-bond acceptors (Lipinski definition) is 4. The zero-order chi connectivity index (χ0) is 15.4. The Balaban J connectivity index is 1.68. The van der Waals surface area contributed by atoms with E-state index in [4.69, 9.17) is 9.47 Å². The minimum absolute atomic E-state index is 0.0688. The van der Waals surface area contributed by atoms with Crippen LogP contribution >= 0.6 is 11.3 Å². The van der Waals surface area contributed by atoms with Crippen LogP contribution in [-0.4, -0.2) is 36.6 Å². The lowest BCUT2D eigenvalue weighted by Gasteiger charge is -2.31. The van der Waals surface area contributed by atoms with Crippen molar-refractivity contribution in [3.63, 3.8) is 0 Å². The van der Waals surface area contributed by atoms with Crippen molar-refractivity contribution in [3.8, 4) is 11.5 Å². The summed E-state index contributed by atoms with van der Waals surface area (Å²) in [6.45, 7) is 3.80. The van der Waals surface area contributed by atoms with Crippen LogP contribution in [-0.2, 0) is 0 Å². The second-order valence-corrected chi connectivity index (χ2v) is 6.17. The average molecular weight is 317 g/mol. The summed E-state index contributed by atoms with van der Waals surface area (Å²) in [5.41, 5.74) is 0. The van der Waals surface area contributed by atoms with Crippen LogP contribution in [0.2, 0.25) is 0 Å². The number of ether oxygens (including phenoxy) is 2. The van der Waals surface area contributed by atoms with Crippen molar-refractivity contribution in [2.24, 2.45) is 0 Å². The lowest BCUT2D eigenvalue weighted by Crippen LogP contribution is -2.43. The number of hydrogen-bond donors (Lipinski definition) is 0. The summed E-state index contributed by atoms with van der Waals surface area (Å²) in [4.78, 5) is 15.2. The Kier molecular flexibility index (Phi) is 4.63. The smallest absolute Gasteiger partial charge is 0.264 e. The molecule has 1 amide bonds. The number of carbonyl (C=O) groups excluding carboxylic acids is 1. The molecule has 1 aliphatic rings. The van der Waals surface area contributed by atoms with Crippen LogP contribution in [0.5, 0.6) is 11.5 Å². The molecular formula is C17H19NO3S. The third-order valence-electron chi connectivity index (χ3n) is 3.50. The Morgan fingerprint density at radius 3 is 2.82 bits per heavy atom. The SMILES string of the molecule is CCCN(CC1COc2ccccc2O1)C(=O)c1cccs1. The molecular weight excluding hydrogens is 298 g/mol. The monoisotopic (exact) mass is 317 g/mol. The molecule has 1 aromatic heterocycles. The fraction of sp³-hybridized carbons (Fsp3) is 0.353. The van der Waals surface area contributed by atoms with E-state index >= 15 is 0 Å². The van der Waals surface area contributed by atoms with Gasteiger partial charge in [-0.3, -0.25) is 4.79 Å². The van der Waals surface area contributed by atoms with Crippen LogP contribution in [0.3, 0.4) is 0 Å². The van der Waals surface area contributed by atoms with Crippen molar-refractivity contribution in [2.45, 2.75) is 19.4 Å². The van der Waals surface area contributed by atoms with Gasteiger partial charge in [0.2, 0.25) is 0 Å². The highest BCUT2D eigenvalue weighted by atomic mass is 32.1. The maximum Gasteiger partial charge on any atom is 0.264 e. The lowest BCUT2D eigenvalue weighted by molar-refractivity contribution is 0.0465. The molecule has 116 valence electrons. The van der Waals surface area contributed by atoms with E-state index in [-0.39, 0.29) is 12.0 Å². The van der Waals surface area contributed by atoms with Gasteiger partial charge >= 0.3 is 0 Å². The summed E-state index contributed by atoms with van der Waals surface area (Å²) in [6, 6.07) is 11.4. The summed E-state index contributed by atoms with van der Waals surface area (Å²) in [6.07, 6.45) is 0.784. The standard InChI is InChI=1S/C17H19NO3S/c1-2-9-18(17(19)16-8-5-10-22-16)11-13-12-20-14-6-3-4-7-15(14)21-13/h3-8,10,13H,2,9,11-12H2,1H3. The van der Waals surface area contributed by atoms with Crippen LogP contribution in [0.25, 0.3) is 0 Å². The van der Waals surface area contributed by atoms with Gasteiger partial charge in [0.05, 0.1) is 11.4 Å². The normalized spacial score (nSPS) is 16.3. The van der Waals surface area contributed by atoms with Crippen molar-refractivity contribution < 1.29 is 14.3 Å². The van der Waals surface area contributed by atoms with E-state index in [1.54, 1.807) is 0 Å². The summed E-state index contributed by atoms with van der Waals surface area (Å²) in [5.74, 6) is 1.59. The van der Waals surface area contributed by atoms with E-state index in [0.29, 0.717) is 13.2 Å². The second kappa shape index (κ2) is 6.83. The summed E-state index contributed by atoms with van der Waals surface area (Å²) in [7, 11) is 0. The van der Waals surface area contributed by atoms with Crippen molar-refractivity contribution in [1.82, 2.24) is 4.90 Å². The van der Waals surface area contributed by atoms with Gasteiger partial charge in [0.1, 0.15) is 6.61 Å². The maximum absolute atomic E-state index is 12.6. The molecule has 5 heteroatoms. The van der Waals surface area contributed by atoms with Crippen LogP contribution in [0.1, 0.15) is 23.0 Å². The lowest BCUT2D eigenvalue weighted by atomic mass is 10.2. The number of benzene rings is 1. The number of thiophene rings is 1. The van der Waals surface area contributed by atoms with E-state index in [1.807, 2.05) is 46.7 Å². The predicted molar refractivity (Wildman–Crippen MR) is 86.9 cm³/mol. The van der Waals surface area contributed by atoms with Crippen molar-refractivity contribution in [2.75, 3.05) is 19.7 Å². The van der Waals surface area contributed by atoms with Crippen LogP contribution < -0.4 is 9.47 Å². The molecule has 0 bridgehead atoms. The maximum atomic E-state index is 12.6. The molecule has 0 fully saturated rings. The quantitative estimate of drug-likeness (QED) is 0.848. The summed E-state index contributed by atoms with van der Waals surface area (Å²) >= 11 is 1.47. The van der Waals surface area contributed by atoms with Crippen molar-refractivity contribution in [1.29, 1.82) is 0 Å². The zero-order valence-corrected chi connectivity index (χ0v) is 13.3. The van der Waals surface area contributed by atoms with E-state index in [9.17, 15) is 4.79 Å². The van der Waals surface area contributed by atoms with Crippen LogP contribution in [0.15, 0.2) is 41.8 Å². The first-order valence-electron chi connectivity index (χ1n) is 7.49. The molecule has 0 aliphatic carbocycles. The molecule has 2 heterocycles. The Hall–Kier alpha value is -2.01. The first-order valence-corrected chi connectivity index (χ1v) is 8.37. The summed E-state index contributed by atoms with van der Waals surface area (Å²) < 4.78 is 11.7. The number of fused-ring (bicyclic) bond motifs is 1. The van der Waals surface area contributed by atoms with Crippen LogP contribution in [0, 0.1) is 0 Å². The van der Waals surface area contributed by atoms with E-state index in [0.717, 1.165) is 29.3 Å². The molecule has 1 unspecified atom stereocenters. The third-order valence-corrected chi connectivity index (χ3v) is 4.36. The minimum atomic E-state index is -0.134. The number of nitrogens with zero attached hydrogens (tertiary/aromatic N) is 1. The molecule has 2 aromatic rings. The topological polar surface area (TPSA) is 38.8 Å². The number of para-hydroxylation sites is 2. The second-order valence-electron chi connectivity index (χ2n) is 5.23. The Morgan fingerprint density at radius 1 is 1.27 bits per heavy atom. The van der Waals surface area contributed by atoms with E-state index < -0.39 is 0 Å². The van der Waals surface area contributed by atoms with Gasteiger partial charge in [-0.2, -0.15) is 0 Å². The van der Waals surface area contributed by atoms with Gasteiger partial charge in [-0.1, -0.05) is 25.1 Å². The fourth-order valence-electron chi connectivity index (χ4n) is 2.50. The number of rotatable bonds is 5. The highest BCUT2D eigenvalue weighted by Crippen LogP contribution is 2.31. The molecule has 0 N–H and O–H groups in total. The van der Waals surface area contributed by atoms with E-state index in [2.05, 4.69) is 6.92 Å². The van der Waals surface area contributed by atoms with Crippen molar-refractivity contribution >= 4 is 17.2 Å². The minimum Gasteiger partial charge on any atom is -0.486 e. The fourth-order valence-corrected chi connectivity index (χ4v) is 3.19. The highest BCUT2D eigenvalue weighted by Gasteiger charge is 2.25. The molecule has 0 radical (unpaired) electrons. The average Bonchev–Trinajstić information content (AvgIpc) is 3.08. The Morgan fingerprint density at radius 2 is 2.09 bits per heavy atom. The van der Waals surface area contributed by atoms with Crippen LogP contribution in [0.4, 0.5) is 0 Å². The van der Waals surface area contributed by atoms with Gasteiger partial charge in [0, 0.05) is 6.54 Å². The molecule has 1 atom stereocenters. The molecule has 22 heavy (non-hydrogen) atoms. The first-order chi connectivity index (χ1) is 10.8. The van der Waals surface area contributed by atoms with Gasteiger partial charge in [0.25, 0.3) is 5.91 Å². The van der Waals surface area contributed by atoms with E-state index in [1.165, 1.54) is 11.3 Å². The largest absolute Gasteiger partial charge is 0.486 e. The first kappa shape index (κ1) is 14.9. The predicted octanol–water partition coefficient (Wildman–Crippen LogP) is 3.44. The van der Waals surface area contributed by atoms with Gasteiger partial charge in [0.15, 0.2) is 17.6 Å². The van der Waals surface area contributed by atoms with Gasteiger partial charge in [-0.25, -0.2) is 0 Å². The van der Waals surface area contributed by atoms with Crippen molar-refractivity contribution in [3.05, 3.63) is 46.7 Å².